The molecule has 2 aromatic carbocycles. The molecule has 0 radical (unpaired) electrons. The number of hydrogen-bond acceptors (Lipinski definition) is 5. The molecule has 2 N–H and O–H groups in total. The van der Waals surface area contributed by atoms with Crippen molar-refractivity contribution >= 4 is 37.8 Å². The van der Waals surface area contributed by atoms with Crippen LogP contribution in [0.5, 0.6) is 0 Å². The SMILES string of the molecule is CCC(=O)[O-].CN(Cc1ccccc1)S(=O)(=O)c1ccc2[nH]c(=O)c3[nH]ccc3c2c1. The van der Waals surface area contributed by atoms with Crippen LogP contribution in [0, 0.1) is 0 Å². The number of pyridine rings is 1. The Labute approximate surface area is 179 Å². The van der Waals surface area contributed by atoms with Gasteiger partial charge in [-0.05, 0) is 36.2 Å². The normalized spacial score (nSPS) is 11.5. The number of rotatable bonds is 5. The predicted octanol–water partition coefficient (Wildman–Crippen LogP) is 1.98. The summed E-state index contributed by atoms with van der Waals surface area (Å²) in [6.45, 7) is 1.82. The zero-order valence-corrected chi connectivity index (χ0v) is 17.9. The average Bonchev–Trinajstić information content (AvgIpc) is 3.25. The number of carbonyl (C=O) groups excluding carboxylic acids is 1. The number of nitrogens with zero attached hydrogens (tertiary/aromatic N) is 1. The minimum atomic E-state index is -3.66. The van der Waals surface area contributed by atoms with Gasteiger partial charge in [-0.3, -0.25) is 4.79 Å². The van der Waals surface area contributed by atoms with Crippen LogP contribution in [0.15, 0.2) is 70.5 Å². The summed E-state index contributed by atoms with van der Waals surface area (Å²) in [7, 11) is -2.10. The zero-order chi connectivity index (χ0) is 22.6. The molecule has 4 rings (SSSR count). The maximum atomic E-state index is 13.0. The molecule has 0 saturated carbocycles. The summed E-state index contributed by atoms with van der Waals surface area (Å²) in [5.74, 6) is -0.995. The quantitative estimate of drug-likeness (QED) is 0.491. The van der Waals surface area contributed by atoms with E-state index in [4.69, 9.17) is 0 Å². The molecule has 0 saturated heterocycles. The Balaban J connectivity index is 0.000000491. The van der Waals surface area contributed by atoms with Crippen LogP contribution < -0.4 is 10.7 Å². The van der Waals surface area contributed by atoms with E-state index in [1.165, 1.54) is 17.3 Å². The molecule has 2 aromatic heterocycles. The number of aromatic nitrogens is 2. The molecule has 0 atom stereocenters. The van der Waals surface area contributed by atoms with Crippen LogP contribution in [0.2, 0.25) is 0 Å². The van der Waals surface area contributed by atoms with Gasteiger partial charge in [0.15, 0.2) is 0 Å². The molecule has 162 valence electrons. The molecule has 0 unspecified atom stereocenters. The standard InChI is InChI=1S/C19H17N3O3S.C3H6O2/c1-22(12-13-5-3-2-4-6-13)26(24,25)14-7-8-17-16(11-14)15-9-10-20-18(15)19(23)21-17;1-2-3(4)5/h2-11,20H,12H2,1H3,(H,21,23);2H2,1H3,(H,4,5)/p-1. The van der Waals surface area contributed by atoms with Crippen LogP contribution in [0.4, 0.5) is 0 Å². The number of carbonyl (C=O) groups is 1. The first kappa shape index (κ1) is 22.3. The van der Waals surface area contributed by atoms with Gasteiger partial charge in [-0.1, -0.05) is 37.3 Å². The molecular weight excluding hydrogens is 418 g/mol. The fourth-order valence-electron chi connectivity index (χ4n) is 3.09. The maximum absolute atomic E-state index is 13.0. The molecule has 0 spiro atoms. The van der Waals surface area contributed by atoms with E-state index in [1.807, 2.05) is 30.3 Å². The van der Waals surface area contributed by atoms with Crippen LogP contribution in [-0.4, -0.2) is 35.7 Å². The van der Waals surface area contributed by atoms with Crippen LogP contribution in [-0.2, 0) is 21.4 Å². The lowest BCUT2D eigenvalue weighted by molar-refractivity contribution is -0.305. The molecule has 4 aromatic rings. The summed E-state index contributed by atoms with van der Waals surface area (Å²) < 4.78 is 27.3. The Bertz CT molecular complexity index is 1370. The maximum Gasteiger partial charge on any atom is 0.272 e. The highest BCUT2D eigenvalue weighted by atomic mass is 32.2. The van der Waals surface area contributed by atoms with Gasteiger partial charge >= 0.3 is 0 Å². The lowest BCUT2D eigenvalue weighted by atomic mass is 10.1. The number of aromatic amines is 2. The van der Waals surface area contributed by atoms with E-state index in [1.54, 1.807) is 31.4 Å². The first-order valence-electron chi connectivity index (χ1n) is 9.57. The van der Waals surface area contributed by atoms with Gasteiger partial charge in [-0.2, -0.15) is 4.31 Å². The second-order valence-corrected chi connectivity index (χ2v) is 8.94. The Morgan fingerprint density at radius 2 is 1.74 bits per heavy atom. The van der Waals surface area contributed by atoms with Crippen molar-refractivity contribution in [2.24, 2.45) is 0 Å². The fourth-order valence-corrected chi connectivity index (χ4v) is 4.27. The molecule has 0 fully saturated rings. The number of hydrogen-bond donors (Lipinski definition) is 2. The van der Waals surface area contributed by atoms with Crippen LogP contribution in [0.25, 0.3) is 21.8 Å². The number of carboxylic acid groups (broad SMARTS) is 1. The minimum absolute atomic E-state index is 0.111. The second kappa shape index (κ2) is 9.15. The van der Waals surface area contributed by atoms with E-state index in [0.717, 1.165) is 5.56 Å². The van der Waals surface area contributed by atoms with Crippen LogP contribution in [0.1, 0.15) is 18.9 Å². The molecule has 0 aliphatic rings. The van der Waals surface area contributed by atoms with Gasteiger partial charge in [0.05, 0.1) is 4.90 Å². The number of fused-ring (bicyclic) bond motifs is 3. The van der Waals surface area contributed by atoms with Crippen molar-refractivity contribution in [3.63, 3.8) is 0 Å². The van der Waals surface area contributed by atoms with Gasteiger partial charge in [0.1, 0.15) is 5.52 Å². The minimum Gasteiger partial charge on any atom is -0.550 e. The number of sulfonamides is 1. The van der Waals surface area contributed by atoms with E-state index in [9.17, 15) is 23.1 Å². The van der Waals surface area contributed by atoms with Crippen LogP contribution in [0.3, 0.4) is 0 Å². The summed E-state index contributed by atoms with van der Waals surface area (Å²) in [6, 6.07) is 16.0. The molecule has 0 amide bonds. The first-order valence-corrected chi connectivity index (χ1v) is 11.0. The van der Waals surface area contributed by atoms with Crippen molar-refractivity contribution in [1.29, 1.82) is 0 Å². The molecule has 0 aliphatic carbocycles. The third-order valence-corrected chi connectivity index (χ3v) is 6.55. The van der Waals surface area contributed by atoms with Crippen LogP contribution >= 0.6 is 0 Å². The monoisotopic (exact) mass is 440 g/mol. The van der Waals surface area contributed by atoms with Crippen molar-refractivity contribution in [3.05, 3.63) is 76.7 Å². The number of H-pyrrole nitrogens is 2. The largest absolute Gasteiger partial charge is 0.550 e. The molecule has 31 heavy (non-hydrogen) atoms. The third kappa shape index (κ3) is 4.84. The van der Waals surface area contributed by atoms with E-state index in [-0.39, 0.29) is 23.4 Å². The summed E-state index contributed by atoms with van der Waals surface area (Å²) in [5.41, 5.74) is 1.72. The van der Waals surface area contributed by atoms with Crippen molar-refractivity contribution < 1.29 is 18.3 Å². The Kier molecular flexibility index (Phi) is 6.57. The summed E-state index contributed by atoms with van der Waals surface area (Å²) in [4.78, 5) is 27.1. The molecule has 0 aliphatic heterocycles. The highest BCUT2D eigenvalue weighted by Gasteiger charge is 2.22. The van der Waals surface area contributed by atoms with E-state index >= 15 is 0 Å². The molecule has 0 bridgehead atoms. The van der Waals surface area contributed by atoms with Crippen molar-refractivity contribution in [2.45, 2.75) is 24.8 Å². The molecular formula is C22H22N3O5S-. The summed E-state index contributed by atoms with van der Waals surface area (Å²) in [5, 5.41) is 10.6. The van der Waals surface area contributed by atoms with Crippen molar-refractivity contribution in [1.82, 2.24) is 14.3 Å². The number of benzene rings is 2. The topological polar surface area (TPSA) is 126 Å². The van der Waals surface area contributed by atoms with Gasteiger partial charge in [-0.25, -0.2) is 8.42 Å². The smallest absolute Gasteiger partial charge is 0.272 e. The van der Waals surface area contributed by atoms with Crippen molar-refractivity contribution in [3.8, 4) is 0 Å². The summed E-state index contributed by atoms with van der Waals surface area (Å²) in [6.07, 6.45) is 1.78. The van der Waals surface area contributed by atoms with E-state index in [2.05, 4.69) is 9.97 Å². The van der Waals surface area contributed by atoms with Gasteiger partial charge in [0.2, 0.25) is 10.0 Å². The predicted molar refractivity (Wildman–Crippen MR) is 117 cm³/mol. The van der Waals surface area contributed by atoms with E-state index < -0.39 is 16.0 Å². The molecule has 2 heterocycles. The first-order chi connectivity index (χ1) is 14.7. The van der Waals surface area contributed by atoms with Crippen molar-refractivity contribution in [2.75, 3.05) is 7.05 Å². The van der Waals surface area contributed by atoms with Gasteiger partial charge in [0.25, 0.3) is 5.56 Å². The zero-order valence-electron chi connectivity index (χ0n) is 17.1. The molecule has 9 heteroatoms. The Morgan fingerprint density at radius 3 is 2.39 bits per heavy atom. The second-order valence-electron chi connectivity index (χ2n) is 6.90. The van der Waals surface area contributed by atoms with E-state index in [0.29, 0.717) is 21.8 Å². The highest BCUT2D eigenvalue weighted by molar-refractivity contribution is 7.89. The Hall–Kier alpha value is -3.43. The lowest BCUT2D eigenvalue weighted by Crippen LogP contribution is -2.26. The number of carboxylic acids is 1. The molecule has 8 nitrogen and oxygen atoms in total. The average molecular weight is 441 g/mol. The van der Waals surface area contributed by atoms with Gasteiger partial charge in [-0.15, -0.1) is 0 Å². The highest BCUT2D eigenvalue weighted by Crippen LogP contribution is 2.25. The summed E-state index contributed by atoms with van der Waals surface area (Å²) >= 11 is 0. The van der Waals surface area contributed by atoms with Gasteiger partial charge < -0.3 is 19.9 Å². The van der Waals surface area contributed by atoms with Gasteiger partial charge in [0, 0.05) is 42.0 Å². The third-order valence-electron chi connectivity index (χ3n) is 4.75. The number of aliphatic carboxylic acids is 1. The number of nitrogens with one attached hydrogen (secondary N) is 2. The fraction of sp³-hybridized carbons (Fsp3) is 0.182. The Morgan fingerprint density at radius 1 is 1.06 bits per heavy atom. The lowest BCUT2D eigenvalue weighted by Gasteiger charge is -2.17.